The molecule has 0 atom stereocenters. The fourth-order valence-corrected chi connectivity index (χ4v) is 4.33. The minimum Gasteiger partial charge on any atom is -0.454 e. The van der Waals surface area contributed by atoms with Crippen molar-refractivity contribution in [2.75, 3.05) is 25.2 Å². The van der Waals surface area contributed by atoms with Gasteiger partial charge in [-0.15, -0.1) is 0 Å². The standard InChI is InChI=1S/C23H30N4O4/c1-14-20(15(2)27(25-14)23(3,4)5)22(29)26-10-8-16(9-11-26)21(28)24-17-6-7-18-19(12-17)31-13-30-18/h6-7,12,16H,8-11,13H2,1-5H3,(H,24,28). The Balaban J connectivity index is 1.38. The van der Waals surface area contributed by atoms with Gasteiger partial charge < -0.3 is 19.7 Å². The van der Waals surface area contributed by atoms with Gasteiger partial charge in [-0.2, -0.15) is 5.10 Å². The summed E-state index contributed by atoms with van der Waals surface area (Å²) in [6.45, 7) is 11.4. The number of anilines is 1. The van der Waals surface area contributed by atoms with Crippen molar-refractivity contribution >= 4 is 17.5 Å². The number of hydrogen-bond acceptors (Lipinski definition) is 5. The Labute approximate surface area is 182 Å². The third kappa shape index (κ3) is 4.11. The molecule has 1 saturated heterocycles. The molecule has 0 spiro atoms. The average Bonchev–Trinajstić information content (AvgIpc) is 3.30. The van der Waals surface area contributed by atoms with Gasteiger partial charge in [0.25, 0.3) is 5.91 Å². The number of carbonyl (C=O) groups is 2. The fraction of sp³-hybridized carbons (Fsp3) is 0.522. The van der Waals surface area contributed by atoms with Crippen molar-refractivity contribution in [2.24, 2.45) is 5.92 Å². The molecular weight excluding hydrogens is 396 g/mol. The number of aryl methyl sites for hydroxylation is 1. The maximum absolute atomic E-state index is 13.2. The zero-order chi connectivity index (χ0) is 22.3. The first-order chi connectivity index (χ1) is 14.6. The number of nitrogens with one attached hydrogen (secondary N) is 1. The molecule has 0 radical (unpaired) electrons. The van der Waals surface area contributed by atoms with Gasteiger partial charge in [-0.1, -0.05) is 0 Å². The largest absolute Gasteiger partial charge is 0.454 e. The van der Waals surface area contributed by atoms with Crippen LogP contribution >= 0.6 is 0 Å². The summed E-state index contributed by atoms with van der Waals surface area (Å²) in [6.07, 6.45) is 1.27. The van der Waals surface area contributed by atoms with Crippen molar-refractivity contribution in [1.29, 1.82) is 0 Å². The SMILES string of the molecule is Cc1nn(C(C)(C)C)c(C)c1C(=O)N1CCC(C(=O)Nc2ccc3c(c2)OCO3)CC1. The molecule has 0 saturated carbocycles. The van der Waals surface area contributed by atoms with Crippen LogP contribution in [-0.4, -0.2) is 46.4 Å². The Bertz CT molecular complexity index is 1010. The molecule has 8 nitrogen and oxygen atoms in total. The summed E-state index contributed by atoms with van der Waals surface area (Å²) in [5.41, 5.74) is 2.82. The number of nitrogens with zero attached hydrogens (tertiary/aromatic N) is 3. The maximum atomic E-state index is 13.2. The predicted octanol–water partition coefficient (Wildman–Crippen LogP) is 3.47. The van der Waals surface area contributed by atoms with Crippen LogP contribution in [0.15, 0.2) is 18.2 Å². The summed E-state index contributed by atoms with van der Waals surface area (Å²) >= 11 is 0. The molecule has 8 heteroatoms. The van der Waals surface area contributed by atoms with E-state index in [1.807, 2.05) is 29.5 Å². The molecule has 0 bridgehead atoms. The van der Waals surface area contributed by atoms with Crippen LogP contribution in [0.5, 0.6) is 11.5 Å². The van der Waals surface area contributed by atoms with Crippen LogP contribution in [0.1, 0.15) is 55.4 Å². The highest BCUT2D eigenvalue weighted by Crippen LogP contribution is 2.34. The number of hydrogen-bond donors (Lipinski definition) is 1. The van der Waals surface area contributed by atoms with E-state index < -0.39 is 0 Å². The first-order valence-electron chi connectivity index (χ1n) is 10.7. The number of amides is 2. The quantitative estimate of drug-likeness (QED) is 0.812. The van der Waals surface area contributed by atoms with Crippen LogP contribution in [0.4, 0.5) is 5.69 Å². The summed E-state index contributed by atoms with van der Waals surface area (Å²) in [7, 11) is 0. The first kappa shape index (κ1) is 21.2. The number of piperidine rings is 1. The smallest absolute Gasteiger partial charge is 0.257 e. The average molecular weight is 427 g/mol. The van der Waals surface area contributed by atoms with Crippen LogP contribution in [0.2, 0.25) is 0 Å². The Morgan fingerprint density at radius 2 is 1.77 bits per heavy atom. The Morgan fingerprint density at radius 3 is 2.42 bits per heavy atom. The topological polar surface area (TPSA) is 85.7 Å². The molecule has 2 aliphatic rings. The highest BCUT2D eigenvalue weighted by molar-refractivity contribution is 5.97. The zero-order valence-electron chi connectivity index (χ0n) is 18.8. The summed E-state index contributed by atoms with van der Waals surface area (Å²) in [5, 5.41) is 7.56. The van der Waals surface area contributed by atoms with Crippen LogP contribution in [0.25, 0.3) is 0 Å². The van der Waals surface area contributed by atoms with Gasteiger partial charge in [0.05, 0.1) is 16.8 Å². The van der Waals surface area contributed by atoms with Crippen LogP contribution in [0.3, 0.4) is 0 Å². The monoisotopic (exact) mass is 426 g/mol. The highest BCUT2D eigenvalue weighted by atomic mass is 16.7. The molecule has 166 valence electrons. The number of fused-ring (bicyclic) bond motifs is 1. The normalized spacial score (nSPS) is 16.5. The molecule has 1 aromatic heterocycles. The molecule has 2 amide bonds. The second kappa shape index (κ2) is 7.90. The van der Waals surface area contributed by atoms with E-state index in [2.05, 4.69) is 31.2 Å². The fourth-order valence-electron chi connectivity index (χ4n) is 4.33. The van der Waals surface area contributed by atoms with E-state index in [0.29, 0.717) is 48.7 Å². The third-order valence-corrected chi connectivity index (χ3v) is 5.93. The maximum Gasteiger partial charge on any atom is 0.257 e. The number of likely N-dealkylation sites (tertiary alicyclic amines) is 1. The van der Waals surface area contributed by atoms with Crippen LogP contribution in [0, 0.1) is 19.8 Å². The van der Waals surface area contributed by atoms with Gasteiger partial charge in [0, 0.05) is 36.5 Å². The van der Waals surface area contributed by atoms with Crippen molar-refractivity contribution in [1.82, 2.24) is 14.7 Å². The van der Waals surface area contributed by atoms with Gasteiger partial charge in [-0.3, -0.25) is 14.3 Å². The van der Waals surface area contributed by atoms with Crippen molar-refractivity contribution in [3.05, 3.63) is 35.2 Å². The number of aromatic nitrogens is 2. The lowest BCUT2D eigenvalue weighted by molar-refractivity contribution is -0.121. The van der Waals surface area contributed by atoms with Gasteiger partial charge in [0.2, 0.25) is 12.7 Å². The van der Waals surface area contributed by atoms with E-state index in [9.17, 15) is 9.59 Å². The Hall–Kier alpha value is -3.03. The van der Waals surface area contributed by atoms with Crippen LogP contribution < -0.4 is 14.8 Å². The van der Waals surface area contributed by atoms with Gasteiger partial charge in [0.1, 0.15) is 0 Å². The van der Waals surface area contributed by atoms with Crippen LogP contribution in [-0.2, 0) is 10.3 Å². The lowest BCUT2D eigenvalue weighted by Gasteiger charge is -2.31. The van der Waals surface area contributed by atoms with E-state index in [0.717, 1.165) is 11.4 Å². The number of benzene rings is 1. The van der Waals surface area contributed by atoms with Gasteiger partial charge in [0.15, 0.2) is 11.5 Å². The summed E-state index contributed by atoms with van der Waals surface area (Å²) in [5.74, 6) is 1.16. The molecule has 0 aliphatic carbocycles. The second-order valence-electron chi connectivity index (χ2n) is 9.25. The number of carbonyl (C=O) groups excluding carboxylic acids is 2. The van der Waals surface area contributed by atoms with E-state index in [-0.39, 0.29) is 30.1 Å². The molecule has 3 heterocycles. The van der Waals surface area contributed by atoms with Crippen molar-refractivity contribution < 1.29 is 19.1 Å². The molecule has 31 heavy (non-hydrogen) atoms. The van der Waals surface area contributed by atoms with Gasteiger partial charge >= 0.3 is 0 Å². The van der Waals surface area contributed by atoms with E-state index >= 15 is 0 Å². The van der Waals surface area contributed by atoms with Gasteiger partial charge in [-0.25, -0.2) is 0 Å². The molecule has 1 N–H and O–H groups in total. The van der Waals surface area contributed by atoms with Crippen molar-refractivity contribution in [2.45, 2.75) is 53.0 Å². The van der Waals surface area contributed by atoms with Crippen molar-refractivity contribution in [3.8, 4) is 11.5 Å². The Morgan fingerprint density at radius 1 is 1.10 bits per heavy atom. The first-order valence-corrected chi connectivity index (χ1v) is 10.7. The number of rotatable bonds is 3. The van der Waals surface area contributed by atoms with Gasteiger partial charge in [-0.05, 0) is 59.6 Å². The molecule has 4 rings (SSSR count). The Kier molecular flexibility index (Phi) is 5.41. The van der Waals surface area contributed by atoms with Crippen molar-refractivity contribution in [3.63, 3.8) is 0 Å². The lowest BCUT2D eigenvalue weighted by Crippen LogP contribution is -2.41. The predicted molar refractivity (Wildman–Crippen MR) is 117 cm³/mol. The summed E-state index contributed by atoms with van der Waals surface area (Å²) < 4.78 is 12.6. The van der Waals surface area contributed by atoms with E-state index in [4.69, 9.17) is 9.47 Å². The van der Waals surface area contributed by atoms with E-state index in [1.165, 1.54) is 0 Å². The number of ether oxygens (including phenoxy) is 2. The molecule has 2 aliphatic heterocycles. The molecular formula is C23H30N4O4. The minimum absolute atomic E-state index is 0.000120. The molecule has 1 aromatic carbocycles. The molecule has 1 fully saturated rings. The third-order valence-electron chi connectivity index (χ3n) is 5.93. The zero-order valence-corrected chi connectivity index (χ0v) is 18.8. The second-order valence-corrected chi connectivity index (χ2v) is 9.25. The molecule has 0 unspecified atom stereocenters. The molecule has 2 aromatic rings. The highest BCUT2D eigenvalue weighted by Gasteiger charge is 2.32. The van der Waals surface area contributed by atoms with E-state index in [1.54, 1.807) is 12.1 Å². The lowest BCUT2D eigenvalue weighted by atomic mass is 9.95. The summed E-state index contributed by atoms with van der Waals surface area (Å²) in [6, 6.07) is 5.38. The minimum atomic E-state index is -0.187. The summed E-state index contributed by atoms with van der Waals surface area (Å²) in [4.78, 5) is 27.8.